The van der Waals surface area contributed by atoms with Gasteiger partial charge in [-0.1, -0.05) is 19.8 Å². The molecule has 1 aliphatic heterocycles. The maximum Gasteiger partial charge on any atom is 1.00 e. The molecule has 1 unspecified atom stereocenters. The minimum absolute atomic E-state index is 0. The van der Waals surface area contributed by atoms with Crippen molar-refractivity contribution in [3.8, 4) is 0 Å². The third kappa shape index (κ3) is 1.35. The van der Waals surface area contributed by atoms with Gasteiger partial charge in [-0.05, 0) is 6.42 Å². The van der Waals surface area contributed by atoms with Gasteiger partial charge in [0.1, 0.15) is 5.79 Å². The molecular formula is C9H15LiO2. The van der Waals surface area contributed by atoms with E-state index in [1.165, 1.54) is 6.42 Å². The summed E-state index contributed by atoms with van der Waals surface area (Å²) in [5, 5.41) is 0. The van der Waals surface area contributed by atoms with Crippen LogP contribution in [0.25, 0.3) is 0 Å². The Kier molecular flexibility index (Phi) is 2.95. The fourth-order valence-electron chi connectivity index (χ4n) is 2.15. The minimum Gasteiger partial charge on any atom is -0.350 e. The van der Waals surface area contributed by atoms with Crippen molar-refractivity contribution in [3.05, 3.63) is 6.92 Å². The van der Waals surface area contributed by atoms with Crippen LogP contribution in [0.3, 0.4) is 0 Å². The average molecular weight is 162 g/mol. The second kappa shape index (κ2) is 3.34. The second-order valence-electron chi connectivity index (χ2n) is 3.86. The molecule has 1 saturated heterocycles. The summed E-state index contributed by atoms with van der Waals surface area (Å²) in [5.74, 6) is -0.326. The van der Waals surface area contributed by atoms with Crippen LogP contribution in [0.1, 0.15) is 26.2 Å². The van der Waals surface area contributed by atoms with Gasteiger partial charge in [-0.3, -0.25) is 0 Å². The maximum absolute atomic E-state index is 5.63. The van der Waals surface area contributed by atoms with Gasteiger partial charge < -0.3 is 16.4 Å². The van der Waals surface area contributed by atoms with Crippen LogP contribution in [0.4, 0.5) is 0 Å². The van der Waals surface area contributed by atoms with Crippen molar-refractivity contribution in [3.63, 3.8) is 0 Å². The van der Waals surface area contributed by atoms with Crippen LogP contribution in [0.2, 0.25) is 0 Å². The van der Waals surface area contributed by atoms with Crippen molar-refractivity contribution >= 4 is 0 Å². The van der Waals surface area contributed by atoms with Crippen molar-refractivity contribution < 1.29 is 28.3 Å². The quantitative estimate of drug-likeness (QED) is 0.327. The molecule has 0 amide bonds. The molecule has 1 aliphatic carbocycles. The van der Waals surface area contributed by atoms with E-state index in [2.05, 4.69) is 13.8 Å². The Labute approximate surface area is 86.2 Å². The molecule has 0 N–H and O–H groups in total. The zero-order valence-corrected chi connectivity index (χ0v) is 8.06. The molecule has 0 aromatic heterocycles. The summed E-state index contributed by atoms with van der Waals surface area (Å²) >= 11 is 0. The summed E-state index contributed by atoms with van der Waals surface area (Å²) in [6.07, 6.45) is 3.32. The molecule has 0 aromatic carbocycles. The monoisotopic (exact) mass is 162 g/mol. The van der Waals surface area contributed by atoms with Crippen LogP contribution in [0.15, 0.2) is 0 Å². The summed E-state index contributed by atoms with van der Waals surface area (Å²) in [6, 6.07) is 0. The second-order valence-corrected chi connectivity index (χ2v) is 3.86. The number of hydrogen-bond donors (Lipinski definition) is 0. The van der Waals surface area contributed by atoms with Crippen LogP contribution in [0.5, 0.6) is 0 Å². The Balaban J connectivity index is 0.000000720. The van der Waals surface area contributed by atoms with E-state index in [4.69, 9.17) is 9.47 Å². The summed E-state index contributed by atoms with van der Waals surface area (Å²) in [4.78, 5) is 0. The van der Waals surface area contributed by atoms with E-state index in [9.17, 15) is 0 Å². The van der Waals surface area contributed by atoms with E-state index in [0.717, 1.165) is 26.1 Å². The van der Waals surface area contributed by atoms with Crippen LogP contribution in [0, 0.1) is 12.3 Å². The van der Waals surface area contributed by atoms with Gasteiger partial charge in [0.2, 0.25) is 0 Å². The first-order chi connectivity index (χ1) is 5.16. The van der Waals surface area contributed by atoms with E-state index in [1.807, 2.05) is 0 Å². The van der Waals surface area contributed by atoms with Gasteiger partial charge in [0, 0.05) is 0 Å². The Morgan fingerprint density at radius 2 is 1.75 bits per heavy atom. The average Bonchev–Trinajstić information content (AvgIpc) is 2.45. The molecule has 12 heavy (non-hydrogen) atoms. The van der Waals surface area contributed by atoms with Crippen LogP contribution in [-0.4, -0.2) is 19.0 Å². The van der Waals surface area contributed by atoms with Crippen molar-refractivity contribution in [2.75, 3.05) is 13.2 Å². The van der Waals surface area contributed by atoms with Crippen LogP contribution in [-0.2, 0) is 9.47 Å². The first kappa shape index (κ1) is 10.6. The van der Waals surface area contributed by atoms with E-state index in [1.54, 1.807) is 0 Å². The van der Waals surface area contributed by atoms with E-state index < -0.39 is 0 Å². The van der Waals surface area contributed by atoms with E-state index in [-0.39, 0.29) is 30.1 Å². The third-order valence-electron chi connectivity index (χ3n) is 2.91. The smallest absolute Gasteiger partial charge is 0.350 e. The van der Waals surface area contributed by atoms with E-state index in [0.29, 0.717) is 0 Å². The molecule has 1 atom stereocenters. The zero-order chi connectivity index (χ0) is 7.95. The van der Waals surface area contributed by atoms with Gasteiger partial charge in [-0.2, -0.15) is 0 Å². The van der Waals surface area contributed by atoms with Crippen molar-refractivity contribution in [2.24, 2.45) is 5.41 Å². The number of rotatable bonds is 0. The molecule has 3 heteroatoms. The fourth-order valence-corrected chi connectivity index (χ4v) is 2.15. The van der Waals surface area contributed by atoms with E-state index >= 15 is 0 Å². The van der Waals surface area contributed by atoms with Crippen LogP contribution >= 0.6 is 0 Å². The fraction of sp³-hybridized carbons (Fsp3) is 0.889. The minimum atomic E-state index is -0.326. The van der Waals surface area contributed by atoms with Gasteiger partial charge in [0.25, 0.3) is 0 Å². The van der Waals surface area contributed by atoms with Crippen LogP contribution < -0.4 is 18.9 Å². The first-order valence-corrected chi connectivity index (χ1v) is 4.30. The van der Waals surface area contributed by atoms with Crippen molar-refractivity contribution in [1.82, 2.24) is 0 Å². The van der Waals surface area contributed by atoms with Crippen molar-refractivity contribution in [2.45, 2.75) is 32.0 Å². The topological polar surface area (TPSA) is 18.5 Å². The summed E-state index contributed by atoms with van der Waals surface area (Å²) < 4.78 is 11.3. The molecule has 2 nitrogen and oxygen atoms in total. The Hall–Kier alpha value is 0.517. The number of ether oxygens (including phenoxy) is 2. The maximum atomic E-state index is 5.63. The molecule has 64 valence electrons. The van der Waals surface area contributed by atoms with Gasteiger partial charge in [-0.15, -0.1) is 5.41 Å². The first-order valence-electron chi connectivity index (χ1n) is 4.30. The third-order valence-corrected chi connectivity index (χ3v) is 2.91. The molecule has 1 spiro atoms. The Bertz CT molecular complexity index is 156. The molecule has 2 aliphatic rings. The molecule has 0 aromatic rings. The van der Waals surface area contributed by atoms with Gasteiger partial charge in [0.15, 0.2) is 0 Å². The summed E-state index contributed by atoms with van der Waals surface area (Å²) in [6.45, 7) is 7.77. The molecule has 0 radical (unpaired) electrons. The molecular weight excluding hydrogens is 147 g/mol. The summed E-state index contributed by atoms with van der Waals surface area (Å²) in [5.41, 5.74) is -0.0243. The number of hydrogen-bond acceptors (Lipinski definition) is 2. The van der Waals surface area contributed by atoms with Gasteiger partial charge >= 0.3 is 18.9 Å². The Morgan fingerprint density at radius 3 is 2.17 bits per heavy atom. The van der Waals surface area contributed by atoms with Gasteiger partial charge in [0.05, 0.1) is 13.2 Å². The predicted molar refractivity (Wildman–Crippen MR) is 42.0 cm³/mol. The zero-order valence-electron chi connectivity index (χ0n) is 8.06. The predicted octanol–water partition coefficient (Wildman–Crippen LogP) is -1.24. The molecule has 2 fully saturated rings. The normalized spacial score (nSPS) is 38.5. The molecule has 1 heterocycles. The molecule has 2 rings (SSSR count). The van der Waals surface area contributed by atoms with Gasteiger partial charge in [-0.25, -0.2) is 0 Å². The largest absolute Gasteiger partial charge is 1.00 e. The molecule has 0 bridgehead atoms. The Morgan fingerprint density at radius 1 is 1.17 bits per heavy atom. The van der Waals surface area contributed by atoms with Crippen molar-refractivity contribution in [1.29, 1.82) is 0 Å². The molecule has 1 saturated carbocycles. The standard InChI is InChI=1S/C9H15O2.Li/c1-8(2)4-3-5-9(8)10-6-7-11-9;/h1,3-7H2,2H3;/q-1;+1. The SMILES string of the molecule is [CH2-]C1(C)CCCC12OCCO2.[Li+]. The summed E-state index contributed by atoms with van der Waals surface area (Å²) in [7, 11) is 0.